The van der Waals surface area contributed by atoms with Gasteiger partial charge in [-0.2, -0.15) is 0 Å². The summed E-state index contributed by atoms with van der Waals surface area (Å²) in [5, 5.41) is 0. The fraction of sp³-hybridized carbons (Fsp3) is 0.455. The lowest BCUT2D eigenvalue weighted by molar-refractivity contribution is 0.359. The molecule has 2 fully saturated rings. The summed E-state index contributed by atoms with van der Waals surface area (Å²) in [6, 6.07) is 10.5. The summed E-state index contributed by atoms with van der Waals surface area (Å²) in [7, 11) is 0. The molecule has 1 heterocycles. The van der Waals surface area contributed by atoms with Crippen LogP contribution in [0.3, 0.4) is 0 Å². The van der Waals surface area contributed by atoms with Gasteiger partial charge in [0, 0.05) is 0 Å². The lowest BCUT2D eigenvalue weighted by atomic mass is 10.1. The molecular weight excluding hydrogens is 148 g/mol. The van der Waals surface area contributed by atoms with Crippen LogP contribution in [-0.2, 0) is 4.74 Å². The minimum atomic E-state index is 0.429. The highest BCUT2D eigenvalue weighted by atomic mass is 16.6. The first-order chi connectivity index (χ1) is 5.95. The van der Waals surface area contributed by atoms with E-state index in [1.165, 1.54) is 18.4 Å². The zero-order valence-electron chi connectivity index (χ0n) is 6.94. The van der Waals surface area contributed by atoms with Gasteiger partial charge in [0.15, 0.2) is 0 Å². The second kappa shape index (κ2) is 2.33. The van der Waals surface area contributed by atoms with Crippen LogP contribution >= 0.6 is 0 Å². The van der Waals surface area contributed by atoms with Gasteiger partial charge < -0.3 is 4.74 Å². The number of epoxide rings is 1. The smallest absolute Gasteiger partial charge is 0.109 e. The van der Waals surface area contributed by atoms with Crippen LogP contribution in [0.15, 0.2) is 30.3 Å². The van der Waals surface area contributed by atoms with Gasteiger partial charge in [0.25, 0.3) is 0 Å². The highest BCUT2D eigenvalue weighted by Crippen LogP contribution is 2.51. The Labute approximate surface area is 72.4 Å². The molecule has 1 saturated heterocycles. The van der Waals surface area contributed by atoms with Gasteiger partial charge in [0.2, 0.25) is 0 Å². The van der Waals surface area contributed by atoms with Gasteiger partial charge in [-0.15, -0.1) is 0 Å². The third-order valence-corrected chi connectivity index (χ3v) is 2.74. The normalized spacial score (nSPS) is 33.3. The Morgan fingerprint density at radius 3 is 2.50 bits per heavy atom. The molecule has 1 aliphatic carbocycles. The Morgan fingerprint density at radius 2 is 1.83 bits per heavy atom. The van der Waals surface area contributed by atoms with Crippen molar-refractivity contribution in [3.8, 4) is 0 Å². The van der Waals surface area contributed by atoms with E-state index in [9.17, 15) is 0 Å². The SMILES string of the molecule is c1ccc([C@H]2O[C@@H]2C2CC2)cc1. The van der Waals surface area contributed by atoms with Crippen LogP contribution in [0.5, 0.6) is 0 Å². The molecule has 1 heteroatoms. The van der Waals surface area contributed by atoms with Crippen LogP contribution in [-0.4, -0.2) is 6.10 Å². The fourth-order valence-electron chi connectivity index (χ4n) is 1.82. The van der Waals surface area contributed by atoms with Crippen LogP contribution in [0.25, 0.3) is 0 Å². The molecule has 1 saturated carbocycles. The van der Waals surface area contributed by atoms with Gasteiger partial charge in [0.05, 0.1) is 6.10 Å². The van der Waals surface area contributed by atoms with Crippen molar-refractivity contribution in [2.24, 2.45) is 5.92 Å². The molecule has 1 aromatic carbocycles. The molecular formula is C11H12O. The maximum absolute atomic E-state index is 5.63. The summed E-state index contributed by atoms with van der Waals surface area (Å²) in [6.07, 6.45) is 3.76. The number of ether oxygens (including phenoxy) is 1. The fourth-order valence-corrected chi connectivity index (χ4v) is 1.82. The van der Waals surface area contributed by atoms with Crippen LogP contribution in [0.1, 0.15) is 24.5 Å². The van der Waals surface area contributed by atoms with Crippen LogP contribution in [0.4, 0.5) is 0 Å². The summed E-state index contributed by atoms with van der Waals surface area (Å²) in [5.74, 6) is 0.884. The second-order valence-corrected chi connectivity index (χ2v) is 3.77. The first kappa shape index (κ1) is 6.67. The van der Waals surface area contributed by atoms with E-state index in [1.807, 2.05) is 0 Å². The van der Waals surface area contributed by atoms with Crippen LogP contribution in [0, 0.1) is 5.92 Å². The van der Waals surface area contributed by atoms with E-state index >= 15 is 0 Å². The van der Waals surface area contributed by atoms with Crippen molar-refractivity contribution >= 4 is 0 Å². The molecule has 1 nitrogen and oxygen atoms in total. The largest absolute Gasteiger partial charge is 0.364 e. The number of rotatable bonds is 2. The van der Waals surface area contributed by atoms with Crippen molar-refractivity contribution in [2.45, 2.75) is 25.0 Å². The minimum Gasteiger partial charge on any atom is -0.364 e. The van der Waals surface area contributed by atoms with Gasteiger partial charge in [-0.3, -0.25) is 0 Å². The highest BCUT2D eigenvalue weighted by Gasteiger charge is 2.49. The van der Waals surface area contributed by atoms with E-state index in [0.717, 1.165) is 5.92 Å². The summed E-state index contributed by atoms with van der Waals surface area (Å²) in [6.45, 7) is 0. The molecule has 1 aromatic rings. The van der Waals surface area contributed by atoms with E-state index < -0.39 is 0 Å². The van der Waals surface area contributed by atoms with Crippen molar-refractivity contribution in [1.82, 2.24) is 0 Å². The molecule has 0 radical (unpaired) electrons. The summed E-state index contributed by atoms with van der Waals surface area (Å²) >= 11 is 0. The summed E-state index contributed by atoms with van der Waals surface area (Å²) < 4.78 is 5.63. The number of hydrogen-bond donors (Lipinski definition) is 0. The Bertz CT molecular complexity index is 276. The average Bonchev–Trinajstić information content (AvgIpc) is 2.99. The van der Waals surface area contributed by atoms with Crippen molar-refractivity contribution in [1.29, 1.82) is 0 Å². The Balaban J connectivity index is 1.76. The van der Waals surface area contributed by atoms with E-state index in [0.29, 0.717) is 12.2 Å². The molecule has 2 aliphatic rings. The molecule has 12 heavy (non-hydrogen) atoms. The topological polar surface area (TPSA) is 12.5 Å². The first-order valence-electron chi connectivity index (χ1n) is 4.65. The Hall–Kier alpha value is -0.820. The lowest BCUT2D eigenvalue weighted by Gasteiger charge is -1.92. The Morgan fingerprint density at radius 1 is 1.08 bits per heavy atom. The van der Waals surface area contributed by atoms with Crippen molar-refractivity contribution in [3.05, 3.63) is 35.9 Å². The van der Waals surface area contributed by atoms with Crippen molar-refractivity contribution in [2.75, 3.05) is 0 Å². The standard InChI is InChI=1S/C11H12O/c1-2-4-8(5-3-1)10-11(12-10)9-6-7-9/h1-5,9-11H,6-7H2/t10-,11-/m1/s1. The third-order valence-electron chi connectivity index (χ3n) is 2.74. The monoisotopic (exact) mass is 160 g/mol. The van der Waals surface area contributed by atoms with Gasteiger partial charge in [0.1, 0.15) is 6.10 Å². The lowest BCUT2D eigenvalue weighted by Crippen LogP contribution is -1.89. The average molecular weight is 160 g/mol. The van der Waals surface area contributed by atoms with Gasteiger partial charge in [-0.25, -0.2) is 0 Å². The highest BCUT2D eigenvalue weighted by molar-refractivity contribution is 5.23. The molecule has 62 valence electrons. The maximum Gasteiger partial charge on any atom is 0.109 e. The maximum atomic E-state index is 5.63. The molecule has 1 aliphatic heterocycles. The second-order valence-electron chi connectivity index (χ2n) is 3.77. The molecule has 3 rings (SSSR count). The van der Waals surface area contributed by atoms with E-state index in [4.69, 9.17) is 4.74 Å². The molecule has 0 unspecified atom stereocenters. The predicted octanol–water partition coefficient (Wildman–Crippen LogP) is 2.54. The minimum absolute atomic E-state index is 0.429. The molecule has 0 aromatic heterocycles. The molecule has 0 amide bonds. The van der Waals surface area contributed by atoms with E-state index in [2.05, 4.69) is 30.3 Å². The molecule has 2 atom stereocenters. The Kier molecular flexibility index (Phi) is 1.30. The first-order valence-corrected chi connectivity index (χ1v) is 4.65. The molecule has 0 N–H and O–H groups in total. The van der Waals surface area contributed by atoms with Gasteiger partial charge >= 0.3 is 0 Å². The zero-order valence-corrected chi connectivity index (χ0v) is 6.94. The molecule has 0 bridgehead atoms. The van der Waals surface area contributed by atoms with Crippen LogP contribution in [0.2, 0.25) is 0 Å². The number of benzene rings is 1. The summed E-state index contributed by atoms with van der Waals surface area (Å²) in [4.78, 5) is 0. The quantitative estimate of drug-likeness (QED) is 0.606. The van der Waals surface area contributed by atoms with Gasteiger partial charge in [-0.1, -0.05) is 30.3 Å². The molecule has 0 spiro atoms. The van der Waals surface area contributed by atoms with Crippen molar-refractivity contribution < 1.29 is 4.74 Å². The van der Waals surface area contributed by atoms with E-state index in [1.54, 1.807) is 0 Å². The zero-order chi connectivity index (χ0) is 7.97. The van der Waals surface area contributed by atoms with E-state index in [-0.39, 0.29) is 0 Å². The van der Waals surface area contributed by atoms with Crippen molar-refractivity contribution in [3.63, 3.8) is 0 Å². The summed E-state index contributed by atoms with van der Waals surface area (Å²) in [5.41, 5.74) is 1.36. The third kappa shape index (κ3) is 1.05. The van der Waals surface area contributed by atoms with Gasteiger partial charge in [-0.05, 0) is 24.3 Å². The number of hydrogen-bond acceptors (Lipinski definition) is 1. The van der Waals surface area contributed by atoms with Crippen LogP contribution < -0.4 is 0 Å². The predicted molar refractivity (Wildman–Crippen MR) is 46.8 cm³/mol.